The first-order valence-corrected chi connectivity index (χ1v) is 7.46. The van der Waals surface area contributed by atoms with Crippen LogP contribution in [-0.4, -0.2) is 31.8 Å². The second-order valence-electron chi connectivity index (χ2n) is 4.77. The molecule has 6 heteroatoms. The van der Waals surface area contributed by atoms with Crippen molar-refractivity contribution in [3.05, 3.63) is 28.2 Å². The van der Waals surface area contributed by atoms with Crippen LogP contribution in [0.4, 0.5) is 0 Å². The normalized spacial score (nSPS) is 18.1. The third kappa shape index (κ3) is 4.77. The lowest BCUT2D eigenvalue weighted by Gasteiger charge is -2.14. The fourth-order valence-electron chi connectivity index (χ4n) is 2.15. The Labute approximate surface area is 126 Å². The highest BCUT2D eigenvalue weighted by atomic mass is 79.9. The number of hydrogen-bond donors (Lipinski definition) is 2. The molecule has 0 aromatic heterocycles. The van der Waals surface area contributed by atoms with Gasteiger partial charge in [-0.2, -0.15) is 0 Å². The molecule has 0 spiro atoms. The predicted molar refractivity (Wildman–Crippen MR) is 79.5 cm³/mol. The second kappa shape index (κ2) is 7.61. The summed E-state index contributed by atoms with van der Waals surface area (Å²) in [5.74, 6) is 0.193. The van der Waals surface area contributed by atoms with Gasteiger partial charge in [0.25, 0.3) is 5.91 Å². The maximum absolute atomic E-state index is 10.8. The number of carbonyl (C=O) groups is 1. The van der Waals surface area contributed by atoms with Crippen LogP contribution in [0.2, 0.25) is 0 Å². The molecule has 0 unspecified atom stereocenters. The van der Waals surface area contributed by atoms with E-state index in [1.807, 2.05) is 18.2 Å². The highest BCUT2D eigenvalue weighted by Crippen LogP contribution is 2.23. The molecular weight excluding hydrogens is 324 g/mol. The lowest BCUT2D eigenvalue weighted by Crippen LogP contribution is -2.26. The molecule has 2 rings (SSSR count). The van der Waals surface area contributed by atoms with Gasteiger partial charge in [-0.3, -0.25) is 4.79 Å². The van der Waals surface area contributed by atoms with Crippen molar-refractivity contribution in [2.45, 2.75) is 25.5 Å². The summed E-state index contributed by atoms with van der Waals surface area (Å²) < 4.78 is 11.9. The Hall–Kier alpha value is -1.11. The van der Waals surface area contributed by atoms with Crippen LogP contribution in [0.1, 0.15) is 18.4 Å². The zero-order valence-corrected chi connectivity index (χ0v) is 12.8. The van der Waals surface area contributed by atoms with Gasteiger partial charge in [-0.1, -0.05) is 15.9 Å². The molecule has 1 aromatic rings. The van der Waals surface area contributed by atoms with Crippen molar-refractivity contribution in [2.75, 3.05) is 19.8 Å². The van der Waals surface area contributed by atoms with E-state index in [1.54, 1.807) is 0 Å². The van der Waals surface area contributed by atoms with Crippen LogP contribution >= 0.6 is 15.9 Å². The number of nitrogens with two attached hydrogens (primary N) is 1. The summed E-state index contributed by atoms with van der Waals surface area (Å²) in [6.45, 7) is 2.23. The van der Waals surface area contributed by atoms with E-state index in [0.717, 1.165) is 36.0 Å². The smallest absolute Gasteiger partial charge is 0.255 e. The van der Waals surface area contributed by atoms with E-state index in [9.17, 15) is 4.79 Å². The van der Waals surface area contributed by atoms with Gasteiger partial charge in [0.2, 0.25) is 0 Å². The van der Waals surface area contributed by atoms with Crippen LogP contribution in [0.3, 0.4) is 0 Å². The summed E-state index contributed by atoms with van der Waals surface area (Å²) in [6.07, 6.45) is 2.55. The van der Waals surface area contributed by atoms with Gasteiger partial charge >= 0.3 is 0 Å². The van der Waals surface area contributed by atoms with Gasteiger partial charge in [0.05, 0.1) is 6.10 Å². The minimum Gasteiger partial charge on any atom is -0.483 e. The Morgan fingerprint density at radius 2 is 2.40 bits per heavy atom. The first-order valence-electron chi connectivity index (χ1n) is 6.67. The first kappa shape index (κ1) is 15.3. The monoisotopic (exact) mass is 342 g/mol. The van der Waals surface area contributed by atoms with Crippen molar-refractivity contribution in [3.8, 4) is 5.75 Å². The van der Waals surface area contributed by atoms with Crippen LogP contribution in [0.5, 0.6) is 5.75 Å². The fourth-order valence-corrected chi connectivity index (χ4v) is 2.56. The lowest BCUT2D eigenvalue weighted by atomic mass is 10.2. The number of ether oxygens (including phenoxy) is 2. The number of amides is 1. The molecule has 1 atom stereocenters. The van der Waals surface area contributed by atoms with E-state index in [2.05, 4.69) is 21.2 Å². The fraction of sp³-hybridized carbons (Fsp3) is 0.500. The lowest BCUT2D eigenvalue weighted by molar-refractivity contribution is -0.119. The SMILES string of the molecule is NC(=O)COc1ccc(Br)cc1CNC[C@H]1CCCO1. The first-order chi connectivity index (χ1) is 9.65. The molecular formula is C14H19BrN2O3. The molecule has 5 nitrogen and oxygen atoms in total. The third-order valence-electron chi connectivity index (χ3n) is 3.10. The maximum atomic E-state index is 10.8. The Bertz CT molecular complexity index is 462. The predicted octanol–water partition coefficient (Wildman–Crippen LogP) is 1.58. The van der Waals surface area contributed by atoms with Crippen molar-refractivity contribution in [2.24, 2.45) is 5.73 Å². The summed E-state index contributed by atoms with van der Waals surface area (Å²) in [6, 6.07) is 5.68. The van der Waals surface area contributed by atoms with Crippen molar-refractivity contribution in [1.29, 1.82) is 0 Å². The molecule has 1 aromatic carbocycles. The van der Waals surface area contributed by atoms with Crippen molar-refractivity contribution in [1.82, 2.24) is 5.32 Å². The molecule has 0 bridgehead atoms. The average Bonchev–Trinajstić information content (AvgIpc) is 2.91. The molecule has 1 saturated heterocycles. The van der Waals surface area contributed by atoms with E-state index in [-0.39, 0.29) is 6.61 Å². The molecule has 1 heterocycles. The van der Waals surface area contributed by atoms with E-state index in [0.29, 0.717) is 18.4 Å². The number of hydrogen-bond acceptors (Lipinski definition) is 4. The van der Waals surface area contributed by atoms with Gasteiger partial charge in [0, 0.05) is 29.7 Å². The van der Waals surface area contributed by atoms with Crippen molar-refractivity contribution < 1.29 is 14.3 Å². The molecule has 1 amide bonds. The molecule has 1 fully saturated rings. The Morgan fingerprint density at radius 1 is 1.55 bits per heavy atom. The zero-order chi connectivity index (χ0) is 14.4. The Kier molecular flexibility index (Phi) is 5.82. The summed E-state index contributed by atoms with van der Waals surface area (Å²) in [7, 11) is 0. The minimum absolute atomic E-state index is 0.111. The van der Waals surface area contributed by atoms with E-state index < -0.39 is 5.91 Å². The topological polar surface area (TPSA) is 73.6 Å². The van der Waals surface area contributed by atoms with Gasteiger partial charge in [-0.05, 0) is 31.0 Å². The van der Waals surface area contributed by atoms with Gasteiger partial charge in [0.1, 0.15) is 5.75 Å². The maximum Gasteiger partial charge on any atom is 0.255 e. The highest BCUT2D eigenvalue weighted by Gasteiger charge is 2.15. The number of benzene rings is 1. The number of rotatable bonds is 7. The van der Waals surface area contributed by atoms with Crippen LogP contribution in [-0.2, 0) is 16.1 Å². The largest absolute Gasteiger partial charge is 0.483 e. The van der Waals surface area contributed by atoms with Crippen LogP contribution in [0.15, 0.2) is 22.7 Å². The number of primary amides is 1. The van der Waals surface area contributed by atoms with E-state index in [4.69, 9.17) is 15.2 Å². The zero-order valence-electron chi connectivity index (χ0n) is 11.2. The number of nitrogens with one attached hydrogen (secondary N) is 1. The van der Waals surface area contributed by atoms with E-state index >= 15 is 0 Å². The van der Waals surface area contributed by atoms with E-state index in [1.165, 1.54) is 0 Å². The van der Waals surface area contributed by atoms with Gasteiger partial charge in [0.15, 0.2) is 6.61 Å². The Morgan fingerprint density at radius 3 is 3.10 bits per heavy atom. The second-order valence-corrected chi connectivity index (χ2v) is 5.69. The molecule has 1 aliphatic heterocycles. The summed E-state index contributed by atoms with van der Waals surface area (Å²) >= 11 is 3.43. The van der Waals surface area contributed by atoms with Gasteiger partial charge < -0.3 is 20.5 Å². The molecule has 3 N–H and O–H groups in total. The molecule has 110 valence electrons. The van der Waals surface area contributed by atoms with Crippen LogP contribution in [0, 0.1) is 0 Å². The van der Waals surface area contributed by atoms with Crippen molar-refractivity contribution >= 4 is 21.8 Å². The highest BCUT2D eigenvalue weighted by molar-refractivity contribution is 9.10. The number of halogens is 1. The summed E-state index contributed by atoms with van der Waals surface area (Å²) in [5, 5.41) is 3.36. The molecule has 0 radical (unpaired) electrons. The van der Waals surface area contributed by atoms with Crippen LogP contribution < -0.4 is 15.8 Å². The van der Waals surface area contributed by atoms with Crippen molar-refractivity contribution in [3.63, 3.8) is 0 Å². The van der Waals surface area contributed by atoms with Gasteiger partial charge in [-0.15, -0.1) is 0 Å². The molecule has 1 aliphatic rings. The standard InChI is InChI=1S/C14H19BrN2O3/c15-11-3-4-13(20-9-14(16)18)10(6-11)7-17-8-12-2-1-5-19-12/h3-4,6,12,17H,1-2,5,7-9H2,(H2,16,18)/t12-/m1/s1. The Balaban J connectivity index is 1.90. The van der Waals surface area contributed by atoms with Gasteiger partial charge in [-0.25, -0.2) is 0 Å². The molecule has 0 saturated carbocycles. The average molecular weight is 343 g/mol. The summed E-state index contributed by atoms with van der Waals surface area (Å²) in [4.78, 5) is 10.8. The minimum atomic E-state index is -0.480. The third-order valence-corrected chi connectivity index (χ3v) is 3.60. The number of carbonyl (C=O) groups excluding carboxylic acids is 1. The quantitative estimate of drug-likeness (QED) is 0.788. The summed E-state index contributed by atoms with van der Waals surface area (Å²) in [5.41, 5.74) is 6.08. The molecule has 0 aliphatic carbocycles. The van der Waals surface area contributed by atoms with Crippen LogP contribution in [0.25, 0.3) is 0 Å². The molecule has 20 heavy (non-hydrogen) atoms.